The minimum Gasteiger partial charge on any atom is -0.309 e. The van der Waals surface area contributed by atoms with Crippen LogP contribution < -0.4 is 10.4 Å². The topological polar surface area (TPSA) is 4.93 Å². The molecule has 8 aromatic carbocycles. The molecular formula is C47H33NSi. The molecule has 0 bridgehead atoms. The SMILES string of the molecule is C[Si]1(C)c2ccccc2C2(c3ccccc3-n3c4ccccc4c4cccc2c43)c2cc(-c3cc4ccccc4c4ccccc34)ccc21. The van der Waals surface area contributed by atoms with E-state index in [9.17, 15) is 0 Å². The molecule has 11 rings (SSSR count). The molecule has 1 aromatic heterocycles. The highest BCUT2D eigenvalue weighted by atomic mass is 28.3. The summed E-state index contributed by atoms with van der Waals surface area (Å²) in [6.07, 6.45) is 0. The molecule has 2 aliphatic heterocycles. The maximum Gasteiger partial charge on any atom is 0.113 e. The van der Waals surface area contributed by atoms with Crippen molar-refractivity contribution in [2.75, 3.05) is 0 Å². The zero-order valence-electron chi connectivity index (χ0n) is 27.5. The molecule has 1 unspecified atom stereocenters. The number of hydrogen-bond acceptors (Lipinski definition) is 0. The second-order valence-corrected chi connectivity index (χ2v) is 18.8. The van der Waals surface area contributed by atoms with Crippen molar-refractivity contribution in [2.24, 2.45) is 0 Å². The molecule has 2 aliphatic rings. The highest BCUT2D eigenvalue weighted by molar-refractivity contribution is 7.01. The third-order valence-corrected chi connectivity index (χ3v) is 15.4. The Morgan fingerprint density at radius 3 is 1.96 bits per heavy atom. The summed E-state index contributed by atoms with van der Waals surface area (Å²) in [5.41, 5.74) is 11.6. The Morgan fingerprint density at radius 2 is 1.08 bits per heavy atom. The molecule has 9 aromatic rings. The number of aromatic nitrogens is 1. The predicted molar refractivity (Wildman–Crippen MR) is 210 cm³/mol. The second kappa shape index (κ2) is 9.47. The van der Waals surface area contributed by atoms with Crippen molar-refractivity contribution in [3.63, 3.8) is 0 Å². The van der Waals surface area contributed by atoms with Crippen molar-refractivity contribution < 1.29 is 0 Å². The van der Waals surface area contributed by atoms with Crippen LogP contribution in [-0.4, -0.2) is 12.6 Å². The summed E-state index contributed by atoms with van der Waals surface area (Å²) in [5, 5.41) is 10.9. The summed E-state index contributed by atoms with van der Waals surface area (Å²) in [4.78, 5) is 0. The lowest BCUT2D eigenvalue weighted by Crippen LogP contribution is -2.63. The van der Waals surface area contributed by atoms with E-state index >= 15 is 0 Å². The quantitative estimate of drug-likeness (QED) is 0.124. The predicted octanol–water partition coefficient (Wildman–Crippen LogP) is 10.6. The van der Waals surface area contributed by atoms with Gasteiger partial charge < -0.3 is 4.57 Å². The molecule has 3 heterocycles. The molecule has 0 N–H and O–H groups in total. The van der Waals surface area contributed by atoms with Crippen LogP contribution in [0.1, 0.15) is 22.3 Å². The summed E-state index contributed by atoms with van der Waals surface area (Å²) < 4.78 is 2.54. The van der Waals surface area contributed by atoms with Gasteiger partial charge in [-0.2, -0.15) is 0 Å². The van der Waals surface area contributed by atoms with Crippen LogP contribution in [0.3, 0.4) is 0 Å². The van der Waals surface area contributed by atoms with Gasteiger partial charge in [-0.25, -0.2) is 0 Å². The van der Waals surface area contributed by atoms with E-state index < -0.39 is 13.5 Å². The van der Waals surface area contributed by atoms with Crippen molar-refractivity contribution in [2.45, 2.75) is 18.5 Å². The third kappa shape index (κ3) is 3.30. The lowest BCUT2D eigenvalue weighted by atomic mass is 9.62. The van der Waals surface area contributed by atoms with Crippen molar-refractivity contribution in [1.29, 1.82) is 0 Å². The van der Waals surface area contributed by atoms with Crippen LogP contribution in [0.4, 0.5) is 0 Å². The first-order chi connectivity index (χ1) is 24.1. The highest BCUT2D eigenvalue weighted by Gasteiger charge is 2.53. The van der Waals surface area contributed by atoms with Crippen molar-refractivity contribution in [1.82, 2.24) is 4.57 Å². The highest BCUT2D eigenvalue weighted by Crippen LogP contribution is 2.55. The van der Waals surface area contributed by atoms with Crippen molar-refractivity contribution in [3.05, 3.63) is 186 Å². The Hall–Kier alpha value is -5.70. The average Bonchev–Trinajstić information content (AvgIpc) is 3.50. The average molecular weight is 640 g/mol. The van der Waals surface area contributed by atoms with Gasteiger partial charge in [0, 0.05) is 10.8 Å². The Morgan fingerprint density at radius 1 is 0.449 bits per heavy atom. The molecule has 0 aliphatic carbocycles. The van der Waals surface area contributed by atoms with Gasteiger partial charge in [0.2, 0.25) is 0 Å². The normalized spacial score (nSPS) is 17.0. The molecule has 0 amide bonds. The van der Waals surface area contributed by atoms with Gasteiger partial charge >= 0.3 is 0 Å². The van der Waals surface area contributed by atoms with Crippen LogP contribution in [0.15, 0.2) is 164 Å². The molecule has 230 valence electrons. The maximum absolute atomic E-state index is 2.59. The van der Waals surface area contributed by atoms with Gasteiger partial charge in [0.05, 0.1) is 22.1 Å². The van der Waals surface area contributed by atoms with E-state index in [1.165, 1.54) is 92.8 Å². The third-order valence-electron chi connectivity index (χ3n) is 11.8. The first-order valence-corrected chi connectivity index (χ1v) is 20.4. The number of fused-ring (bicyclic) bond motifs is 14. The molecule has 49 heavy (non-hydrogen) atoms. The van der Waals surface area contributed by atoms with E-state index in [1.54, 1.807) is 0 Å². The van der Waals surface area contributed by atoms with Gasteiger partial charge in [-0.15, -0.1) is 0 Å². The van der Waals surface area contributed by atoms with Crippen LogP contribution in [0.2, 0.25) is 13.1 Å². The minimum atomic E-state index is -2.10. The summed E-state index contributed by atoms with van der Waals surface area (Å²) >= 11 is 0. The van der Waals surface area contributed by atoms with Gasteiger partial charge in [-0.05, 0) is 89.6 Å². The zero-order valence-corrected chi connectivity index (χ0v) is 28.5. The van der Waals surface area contributed by atoms with E-state index in [-0.39, 0.29) is 0 Å². The van der Waals surface area contributed by atoms with E-state index in [0.29, 0.717) is 0 Å². The minimum absolute atomic E-state index is 0.475. The second-order valence-electron chi connectivity index (χ2n) is 14.4. The molecule has 0 radical (unpaired) electrons. The van der Waals surface area contributed by atoms with Crippen molar-refractivity contribution >= 4 is 61.8 Å². The van der Waals surface area contributed by atoms with Crippen LogP contribution >= 0.6 is 0 Å². The molecule has 0 fully saturated rings. The summed E-state index contributed by atoms with van der Waals surface area (Å²) in [7, 11) is -2.10. The Kier molecular flexibility index (Phi) is 5.27. The van der Waals surface area contributed by atoms with Gasteiger partial charge in [-0.3, -0.25) is 0 Å². The number of rotatable bonds is 1. The van der Waals surface area contributed by atoms with Crippen LogP contribution in [0, 0.1) is 0 Å². The Balaban J connectivity index is 1.34. The van der Waals surface area contributed by atoms with E-state index in [0.717, 1.165) is 0 Å². The van der Waals surface area contributed by atoms with E-state index in [1.807, 2.05) is 0 Å². The van der Waals surface area contributed by atoms with Gasteiger partial charge in [0.25, 0.3) is 0 Å². The molecular weight excluding hydrogens is 607 g/mol. The van der Waals surface area contributed by atoms with Crippen LogP contribution in [-0.2, 0) is 5.41 Å². The fourth-order valence-electron chi connectivity index (χ4n) is 9.79. The molecule has 0 saturated heterocycles. The summed E-state index contributed by atoms with van der Waals surface area (Å²) in [5.74, 6) is 0. The number of para-hydroxylation sites is 3. The number of nitrogens with zero attached hydrogens (tertiary/aromatic N) is 1. The Bertz CT molecular complexity index is 2870. The zero-order chi connectivity index (χ0) is 32.5. The lowest BCUT2D eigenvalue weighted by Gasteiger charge is -2.49. The molecule has 2 heteroatoms. The van der Waals surface area contributed by atoms with Gasteiger partial charge in [0.15, 0.2) is 0 Å². The van der Waals surface area contributed by atoms with Crippen LogP contribution in [0.25, 0.3) is 60.2 Å². The first-order valence-electron chi connectivity index (χ1n) is 17.4. The fourth-order valence-corrected chi connectivity index (χ4v) is 13.0. The largest absolute Gasteiger partial charge is 0.309 e. The standard InChI is InChI=1S/C47H33NSi/c1-49(2)44-25-12-9-21-39(44)47(38-20-8-11-24-43(38)48-42-23-10-7-18-35(42)36-19-13-22-40(47)46(36)48)41-29-31(26-27-45(41)49)37-28-30-14-3-4-15-32(30)33-16-5-6-17-34(33)37/h3-29H,1-2H3. The number of hydrogen-bond donors (Lipinski definition) is 0. The molecule has 1 spiro atoms. The number of benzene rings is 8. The monoisotopic (exact) mass is 639 g/mol. The van der Waals surface area contributed by atoms with Gasteiger partial charge in [0.1, 0.15) is 8.07 Å². The fraction of sp³-hybridized carbons (Fsp3) is 0.0638. The van der Waals surface area contributed by atoms with Gasteiger partial charge in [-0.1, -0.05) is 153 Å². The van der Waals surface area contributed by atoms with E-state index in [2.05, 4.69) is 181 Å². The smallest absolute Gasteiger partial charge is 0.113 e. The molecule has 0 saturated carbocycles. The molecule has 1 atom stereocenters. The summed E-state index contributed by atoms with van der Waals surface area (Å²) in [6.45, 7) is 5.10. The van der Waals surface area contributed by atoms with Crippen LogP contribution in [0.5, 0.6) is 0 Å². The molecule has 1 nitrogen and oxygen atoms in total. The van der Waals surface area contributed by atoms with Crippen molar-refractivity contribution in [3.8, 4) is 16.8 Å². The van der Waals surface area contributed by atoms with E-state index in [4.69, 9.17) is 0 Å². The first kappa shape index (κ1) is 27.3. The lowest BCUT2D eigenvalue weighted by molar-refractivity contribution is 0.732. The summed E-state index contributed by atoms with van der Waals surface area (Å²) in [6, 6.07) is 62.3. The maximum atomic E-state index is 2.59. The Labute approximate surface area is 286 Å².